The number of hydrogen-bond donors (Lipinski definition) is 8. The maximum atomic E-state index is 11.6. The largest absolute Gasteiger partial charge is 0.504 e. The molecule has 8 N–H and O–H groups in total. The van der Waals surface area contributed by atoms with Crippen LogP contribution in [0.3, 0.4) is 0 Å². The summed E-state index contributed by atoms with van der Waals surface area (Å²) in [6.07, 6.45) is 0. The molecule has 10 aromatic rings. The second kappa shape index (κ2) is 11.4. The number of furan rings is 1. The summed E-state index contributed by atoms with van der Waals surface area (Å²) < 4.78 is 6.29. The van der Waals surface area contributed by atoms with Gasteiger partial charge in [-0.25, -0.2) is 0 Å². The fraction of sp³-hybridized carbons (Fsp3) is 0. The average molecular weight is 725 g/mol. The fourth-order valence-corrected chi connectivity index (χ4v) is 8.09. The first-order valence-electron chi connectivity index (χ1n) is 17.3. The molecule has 0 unspecified atom stereocenters. The van der Waals surface area contributed by atoms with Crippen LogP contribution in [0.1, 0.15) is 0 Å². The van der Waals surface area contributed by atoms with Gasteiger partial charge in [-0.05, 0) is 68.1 Å². The normalized spacial score (nSPS) is 11.9. The molecule has 1 aromatic heterocycles. The minimum absolute atomic E-state index is 0.000374. The van der Waals surface area contributed by atoms with Crippen LogP contribution in [0, 0.1) is 0 Å². The summed E-state index contributed by atoms with van der Waals surface area (Å²) in [5.41, 5.74) is 3.74. The minimum Gasteiger partial charge on any atom is -0.504 e. The van der Waals surface area contributed by atoms with Crippen molar-refractivity contribution in [2.75, 3.05) is 0 Å². The molecule has 9 nitrogen and oxygen atoms in total. The number of benzene rings is 9. The number of fused-ring (bicyclic) bond motifs is 7. The first kappa shape index (κ1) is 31.9. The van der Waals surface area contributed by atoms with E-state index < -0.39 is 46.0 Å². The van der Waals surface area contributed by atoms with E-state index in [1.54, 1.807) is 48.5 Å². The van der Waals surface area contributed by atoms with Crippen LogP contribution >= 0.6 is 0 Å². The Kier molecular flexibility index (Phi) is 6.59. The van der Waals surface area contributed by atoms with E-state index in [2.05, 4.69) is 12.1 Å². The topological polar surface area (TPSA) is 175 Å². The summed E-state index contributed by atoms with van der Waals surface area (Å²) >= 11 is 0. The second-order valence-electron chi connectivity index (χ2n) is 13.7. The van der Waals surface area contributed by atoms with Crippen molar-refractivity contribution in [1.82, 2.24) is 0 Å². The van der Waals surface area contributed by atoms with Crippen molar-refractivity contribution in [1.29, 1.82) is 0 Å². The van der Waals surface area contributed by atoms with Crippen molar-refractivity contribution < 1.29 is 45.3 Å². The van der Waals surface area contributed by atoms with E-state index in [1.165, 1.54) is 0 Å². The first-order valence-corrected chi connectivity index (χ1v) is 17.3. The summed E-state index contributed by atoms with van der Waals surface area (Å²) in [5, 5.41) is 94.7. The van der Waals surface area contributed by atoms with E-state index in [0.29, 0.717) is 22.1 Å². The van der Waals surface area contributed by atoms with Gasteiger partial charge in [0.15, 0.2) is 23.0 Å². The van der Waals surface area contributed by atoms with Crippen molar-refractivity contribution in [2.24, 2.45) is 0 Å². The molecular weight excluding hydrogens is 696 g/mol. The van der Waals surface area contributed by atoms with Crippen molar-refractivity contribution in [3.8, 4) is 79.4 Å². The highest BCUT2D eigenvalue weighted by molar-refractivity contribution is 6.30. The molecule has 0 saturated heterocycles. The zero-order valence-electron chi connectivity index (χ0n) is 28.5. The molecule has 0 aliphatic rings. The highest BCUT2D eigenvalue weighted by Crippen LogP contribution is 2.62. The highest BCUT2D eigenvalue weighted by atomic mass is 16.4. The van der Waals surface area contributed by atoms with Crippen molar-refractivity contribution in [3.05, 3.63) is 121 Å². The van der Waals surface area contributed by atoms with Crippen molar-refractivity contribution >= 4 is 65.0 Å². The Labute approximate surface area is 310 Å². The third-order valence-corrected chi connectivity index (χ3v) is 10.7. The molecule has 55 heavy (non-hydrogen) atoms. The van der Waals surface area contributed by atoms with Crippen LogP contribution in [0.15, 0.2) is 126 Å². The van der Waals surface area contributed by atoms with Gasteiger partial charge in [0.2, 0.25) is 23.0 Å². The van der Waals surface area contributed by atoms with Crippen molar-refractivity contribution in [2.45, 2.75) is 0 Å². The first-order chi connectivity index (χ1) is 26.6. The highest BCUT2D eigenvalue weighted by Gasteiger charge is 2.32. The Balaban J connectivity index is 1.25. The predicted molar refractivity (Wildman–Crippen MR) is 213 cm³/mol. The second-order valence-corrected chi connectivity index (χ2v) is 13.7. The molecule has 9 heteroatoms. The quantitative estimate of drug-likeness (QED) is 0.0501. The Bertz CT molecular complexity index is 3200. The van der Waals surface area contributed by atoms with Gasteiger partial charge >= 0.3 is 0 Å². The summed E-state index contributed by atoms with van der Waals surface area (Å²) in [5.74, 6) is -7.40. The lowest BCUT2D eigenvalue weighted by Crippen LogP contribution is -1.95. The average Bonchev–Trinajstić information content (AvgIpc) is 3.57. The van der Waals surface area contributed by atoms with Gasteiger partial charge in [0.25, 0.3) is 0 Å². The van der Waals surface area contributed by atoms with E-state index in [4.69, 9.17) is 4.42 Å². The molecule has 0 saturated carbocycles. The molecule has 9 aromatic carbocycles. The Hall–Kier alpha value is -7.78. The summed E-state index contributed by atoms with van der Waals surface area (Å²) in [7, 11) is 0. The molecule has 0 aliphatic heterocycles. The summed E-state index contributed by atoms with van der Waals surface area (Å²) in [6, 6.07) is 37.5. The van der Waals surface area contributed by atoms with E-state index in [1.807, 2.05) is 60.7 Å². The predicted octanol–water partition coefficient (Wildman–Crippen LogP) is 10.8. The van der Waals surface area contributed by atoms with Gasteiger partial charge in [0, 0.05) is 43.4 Å². The van der Waals surface area contributed by atoms with Crippen LogP contribution in [-0.2, 0) is 0 Å². The zero-order valence-corrected chi connectivity index (χ0v) is 28.5. The van der Waals surface area contributed by atoms with Gasteiger partial charge < -0.3 is 45.3 Å². The molecule has 0 amide bonds. The molecule has 0 spiro atoms. The molecule has 0 atom stereocenters. The molecule has 10 rings (SSSR count). The van der Waals surface area contributed by atoms with Crippen LogP contribution < -0.4 is 0 Å². The minimum atomic E-state index is -1.02. The van der Waals surface area contributed by atoms with Crippen molar-refractivity contribution in [3.63, 3.8) is 0 Å². The van der Waals surface area contributed by atoms with Crippen LogP contribution in [0.25, 0.3) is 98.4 Å². The SMILES string of the molecule is Oc1c(O)c(O)c2c(-c3cccc4ccccc34)c3c(O)c(O)c(O)c(O)c3c(-c3ccc(-c4ccc5c(c4)oc4cc6ccccc6cc45)cc3)c2c1O. The van der Waals surface area contributed by atoms with Gasteiger partial charge in [-0.3, -0.25) is 0 Å². The third-order valence-electron chi connectivity index (χ3n) is 10.7. The van der Waals surface area contributed by atoms with Gasteiger partial charge in [-0.15, -0.1) is 0 Å². The maximum Gasteiger partial charge on any atom is 0.204 e. The third kappa shape index (κ3) is 4.41. The Morgan fingerprint density at radius 2 is 0.782 bits per heavy atom. The van der Waals surface area contributed by atoms with Crippen LogP contribution in [0.5, 0.6) is 46.0 Å². The molecule has 0 aliphatic carbocycles. The zero-order chi connectivity index (χ0) is 37.9. The number of rotatable bonds is 3. The fourth-order valence-electron chi connectivity index (χ4n) is 8.09. The number of aromatic hydroxyl groups is 8. The lowest BCUT2D eigenvalue weighted by Gasteiger charge is -2.23. The number of phenolic OH excluding ortho intramolecular Hbond substituents is 8. The number of phenols is 8. The number of hydrogen-bond acceptors (Lipinski definition) is 9. The van der Waals surface area contributed by atoms with Gasteiger partial charge in [-0.1, -0.05) is 97.1 Å². The lowest BCUT2D eigenvalue weighted by molar-refractivity contribution is 0.350. The molecule has 0 fully saturated rings. The molecule has 1 heterocycles. The summed E-state index contributed by atoms with van der Waals surface area (Å²) in [6.45, 7) is 0. The smallest absolute Gasteiger partial charge is 0.204 e. The van der Waals surface area contributed by atoms with E-state index in [9.17, 15) is 40.9 Å². The van der Waals surface area contributed by atoms with Crippen LogP contribution in [0.4, 0.5) is 0 Å². The molecule has 0 bridgehead atoms. The Morgan fingerprint density at radius 1 is 0.309 bits per heavy atom. The van der Waals surface area contributed by atoms with E-state index in [-0.39, 0.29) is 32.7 Å². The Morgan fingerprint density at radius 3 is 1.40 bits per heavy atom. The van der Waals surface area contributed by atoms with Crippen LogP contribution in [-0.4, -0.2) is 40.9 Å². The monoisotopic (exact) mass is 724 g/mol. The molecular formula is C46H28O9. The van der Waals surface area contributed by atoms with E-state index in [0.717, 1.165) is 43.6 Å². The lowest BCUT2D eigenvalue weighted by atomic mass is 9.82. The van der Waals surface area contributed by atoms with E-state index >= 15 is 0 Å². The molecule has 0 radical (unpaired) electrons. The van der Waals surface area contributed by atoms with Gasteiger partial charge in [-0.2, -0.15) is 0 Å². The van der Waals surface area contributed by atoms with Gasteiger partial charge in [0.05, 0.1) is 0 Å². The summed E-state index contributed by atoms with van der Waals surface area (Å²) in [4.78, 5) is 0. The molecule has 266 valence electrons. The maximum absolute atomic E-state index is 11.6. The standard InChI is InChI=1S/C46H28O9/c47-39-35-33(23-14-12-21(13-15-23)26-16-17-28-30-18-24-7-1-2-8-25(24)19-32(30)55-31(28)20-26)36-38(42(50)46(54)44(52)40(36)48)34(37(35)41(49)45(53)43(39)51)29-11-5-9-22-6-3-4-10-27(22)29/h1-20,47-54H. The van der Waals surface area contributed by atoms with Gasteiger partial charge in [0.1, 0.15) is 11.2 Å². The van der Waals surface area contributed by atoms with Crippen LogP contribution in [0.2, 0.25) is 0 Å².